The first-order valence-corrected chi connectivity index (χ1v) is 18.4. The molecule has 0 unspecified atom stereocenters. The predicted molar refractivity (Wildman–Crippen MR) is 223 cm³/mol. The molecule has 0 bridgehead atoms. The average Bonchev–Trinajstić information content (AvgIpc) is 3.86. The number of nitrogens with zero attached hydrogens (tertiary/aromatic N) is 2. The third-order valence-electron chi connectivity index (χ3n) is 10.7. The van der Waals surface area contributed by atoms with Crippen LogP contribution in [-0.2, 0) is 0 Å². The Morgan fingerprint density at radius 1 is 0.596 bits per heavy atom. The molecule has 244 valence electrons. The molecule has 0 radical (unpaired) electrons. The van der Waals surface area contributed by atoms with Gasteiger partial charge in [-0.25, -0.2) is 4.99 Å². The van der Waals surface area contributed by atoms with Crippen LogP contribution in [0.15, 0.2) is 168 Å². The molecule has 0 atom stereocenters. The van der Waals surface area contributed by atoms with Crippen molar-refractivity contribution in [2.45, 2.75) is 6.92 Å². The van der Waals surface area contributed by atoms with Gasteiger partial charge in [-0.1, -0.05) is 134 Å². The summed E-state index contributed by atoms with van der Waals surface area (Å²) >= 11 is 1.87. The molecule has 0 amide bonds. The second-order valence-corrected chi connectivity index (χ2v) is 14.6. The molecule has 11 rings (SSSR count). The SMILES string of the molecule is C=C(N=C(c1ccc2c(ccc3ccccc32)c1)c1c(C)oc2ccccc12)n1c2ccccc2c2c3sc4ccccc4c3c3ccccc3c21. The van der Waals surface area contributed by atoms with Gasteiger partial charge in [-0.2, -0.15) is 0 Å². The van der Waals surface area contributed by atoms with E-state index in [1.54, 1.807) is 0 Å². The maximum atomic E-state index is 6.38. The number of aromatic nitrogens is 1. The molecule has 0 aliphatic rings. The smallest absolute Gasteiger partial charge is 0.134 e. The number of hydrogen-bond acceptors (Lipinski definition) is 3. The minimum Gasteiger partial charge on any atom is -0.461 e. The molecule has 0 fully saturated rings. The van der Waals surface area contributed by atoms with Crippen LogP contribution in [0, 0.1) is 6.92 Å². The quantitative estimate of drug-likeness (QED) is 0.134. The summed E-state index contributed by atoms with van der Waals surface area (Å²) in [6.45, 7) is 6.80. The maximum Gasteiger partial charge on any atom is 0.134 e. The van der Waals surface area contributed by atoms with Gasteiger partial charge in [0.15, 0.2) is 0 Å². The summed E-state index contributed by atoms with van der Waals surface area (Å²) in [5.41, 5.74) is 5.88. The Labute approximate surface area is 303 Å². The molecule has 8 aromatic carbocycles. The van der Waals surface area contributed by atoms with E-state index in [4.69, 9.17) is 16.0 Å². The first kappa shape index (κ1) is 29.3. The Morgan fingerprint density at radius 3 is 2.12 bits per heavy atom. The highest BCUT2D eigenvalue weighted by Crippen LogP contribution is 2.48. The van der Waals surface area contributed by atoms with E-state index in [0.29, 0.717) is 5.82 Å². The lowest BCUT2D eigenvalue weighted by Gasteiger charge is -2.14. The van der Waals surface area contributed by atoms with Gasteiger partial charge < -0.3 is 4.42 Å². The summed E-state index contributed by atoms with van der Waals surface area (Å²) in [7, 11) is 0. The summed E-state index contributed by atoms with van der Waals surface area (Å²) in [6.07, 6.45) is 0. The van der Waals surface area contributed by atoms with Crippen LogP contribution in [0.3, 0.4) is 0 Å². The lowest BCUT2D eigenvalue weighted by Crippen LogP contribution is -2.07. The first-order valence-electron chi connectivity index (χ1n) is 17.6. The molecule has 52 heavy (non-hydrogen) atoms. The van der Waals surface area contributed by atoms with E-state index < -0.39 is 0 Å². The fraction of sp³-hybridized carbons (Fsp3) is 0.0208. The summed E-state index contributed by atoms with van der Waals surface area (Å²) in [5.74, 6) is 1.47. The Bertz CT molecular complexity index is 3340. The topological polar surface area (TPSA) is 30.4 Å². The molecule has 0 spiro atoms. The fourth-order valence-electron chi connectivity index (χ4n) is 8.46. The monoisotopic (exact) mass is 682 g/mol. The highest BCUT2D eigenvalue weighted by molar-refractivity contribution is 7.27. The van der Waals surface area contributed by atoms with Gasteiger partial charge in [-0.15, -0.1) is 11.3 Å². The average molecular weight is 683 g/mol. The number of furan rings is 1. The lowest BCUT2D eigenvalue weighted by atomic mass is 9.95. The van der Waals surface area contributed by atoms with Crippen molar-refractivity contribution in [3.63, 3.8) is 0 Å². The fourth-order valence-corrected chi connectivity index (χ4v) is 9.73. The predicted octanol–water partition coefficient (Wildman–Crippen LogP) is 13.6. The summed E-state index contributed by atoms with van der Waals surface area (Å²) in [5, 5.41) is 13.3. The summed E-state index contributed by atoms with van der Waals surface area (Å²) in [6, 6.07) is 54.2. The molecule has 3 heterocycles. The molecule has 0 saturated carbocycles. The molecule has 11 aromatic rings. The maximum absolute atomic E-state index is 6.38. The third kappa shape index (κ3) is 4.10. The van der Waals surface area contributed by atoms with Crippen LogP contribution < -0.4 is 0 Å². The van der Waals surface area contributed by atoms with Crippen LogP contribution >= 0.6 is 11.3 Å². The van der Waals surface area contributed by atoms with Crippen molar-refractivity contribution in [2.24, 2.45) is 4.99 Å². The highest BCUT2D eigenvalue weighted by atomic mass is 32.1. The normalized spacial score (nSPS) is 12.5. The second kappa shape index (κ2) is 11.0. The zero-order valence-corrected chi connectivity index (χ0v) is 29.2. The molecule has 4 heteroatoms. The molecule has 0 aliphatic carbocycles. The zero-order chi connectivity index (χ0) is 34.5. The van der Waals surface area contributed by atoms with Crippen LogP contribution in [0.25, 0.3) is 91.1 Å². The molecular formula is C48H30N2OS. The highest BCUT2D eigenvalue weighted by Gasteiger charge is 2.24. The number of thiophene rings is 1. The first-order chi connectivity index (χ1) is 25.6. The van der Waals surface area contributed by atoms with Gasteiger partial charge in [0.2, 0.25) is 0 Å². The van der Waals surface area contributed by atoms with E-state index in [0.717, 1.165) is 50.0 Å². The molecule has 0 N–H and O–H groups in total. The molecule has 0 saturated heterocycles. The van der Waals surface area contributed by atoms with Gasteiger partial charge in [0, 0.05) is 52.8 Å². The van der Waals surface area contributed by atoms with Crippen LogP contribution in [0.4, 0.5) is 0 Å². The van der Waals surface area contributed by atoms with E-state index in [1.165, 1.54) is 57.9 Å². The lowest BCUT2D eigenvalue weighted by molar-refractivity contribution is 0.577. The Morgan fingerprint density at radius 2 is 1.25 bits per heavy atom. The number of para-hydroxylation sites is 2. The molecule has 3 nitrogen and oxygen atoms in total. The van der Waals surface area contributed by atoms with Crippen LogP contribution in [-0.4, -0.2) is 10.3 Å². The number of benzene rings is 8. The van der Waals surface area contributed by atoms with Crippen molar-refractivity contribution in [3.8, 4) is 0 Å². The van der Waals surface area contributed by atoms with E-state index in [1.807, 2.05) is 30.4 Å². The summed E-state index contributed by atoms with van der Waals surface area (Å²) in [4.78, 5) is 5.57. The Kier molecular flexibility index (Phi) is 6.19. The van der Waals surface area contributed by atoms with Gasteiger partial charge in [0.25, 0.3) is 0 Å². The van der Waals surface area contributed by atoms with E-state index in [9.17, 15) is 0 Å². The van der Waals surface area contributed by atoms with E-state index in [-0.39, 0.29) is 0 Å². The van der Waals surface area contributed by atoms with Gasteiger partial charge in [0.05, 0.1) is 16.7 Å². The van der Waals surface area contributed by atoms with E-state index in [2.05, 4.69) is 144 Å². The van der Waals surface area contributed by atoms with E-state index >= 15 is 0 Å². The van der Waals surface area contributed by atoms with Crippen LogP contribution in [0.5, 0.6) is 0 Å². The van der Waals surface area contributed by atoms with Gasteiger partial charge in [0.1, 0.15) is 17.2 Å². The zero-order valence-electron chi connectivity index (χ0n) is 28.4. The van der Waals surface area contributed by atoms with Crippen molar-refractivity contribution in [1.82, 2.24) is 4.57 Å². The summed E-state index contributed by atoms with van der Waals surface area (Å²) < 4.78 is 11.2. The Balaban J connectivity index is 1.24. The molecule has 3 aromatic heterocycles. The van der Waals surface area contributed by atoms with Crippen LogP contribution in [0.2, 0.25) is 0 Å². The van der Waals surface area contributed by atoms with Crippen molar-refractivity contribution in [2.75, 3.05) is 0 Å². The number of rotatable bonds is 4. The Hall–Kier alpha value is -6.49. The molecular weight excluding hydrogens is 653 g/mol. The van der Waals surface area contributed by atoms with Crippen molar-refractivity contribution in [1.29, 1.82) is 0 Å². The van der Waals surface area contributed by atoms with Crippen LogP contribution in [0.1, 0.15) is 16.9 Å². The minimum atomic E-state index is 0.648. The van der Waals surface area contributed by atoms with Crippen molar-refractivity contribution < 1.29 is 4.42 Å². The number of aliphatic imine (C=N–C) groups is 1. The largest absolute Gasteiger partial charge is 0.461 e. The number of fused-ring (bicyclic) bond motifs is 14. The van der Waals surface area contributed by atoms with Gasteiger partial charge in [-0.3, -0.25) is 4.57 Å². The second-order valence-electron chi connectivity index (χ2n) is 13.6. The van der Waals surface area contributed by atoms with Crippen molar-refractivity contribution >= 4 is 108 Å². The van der Waals surface area contributed by atoms with Crippen molar-refractivity contribution in [3.05, 3.63) is 175 Å². The minimum absolute atomic E-state index is 0.648. The standard InChI is InChI=1S/C48H30N2OS/c1-28-43(38-18-8-11-21-41(38)51-28)46(32-25-26-34-31(27-32)24-23-30-13-3-4-14-33(30)34)49-29(2)50-40-20-10-7-17-37(40)45-47(50)36-16-6-5-15-35(36)44-39-19-9-12-22-42(39)52-48(44)45/h3-27H,2H2,1H3. The number of hydrogen-bond donors (Lipinski definition) is 0. The molecule has 0 aliphatic heterocycles. The third-order valence-corrected chi connectivity index (χ3v) is 11.9. The number of aryl methyl sites for hydroxylation is 1. The van der Waals surface area contributed by atoms with Gasteiger partial charge >= 0.3 is 0 Å². The van der Waals surface area contributed by atoms with Gasteiger partial charge in [-0.05, 0) is 58.1 Å².